The van der Waals surface area contributed by atoms with Gasteiger partial charge in [-0.25, -0.2) is 17.3 Å². The number of hydrogen-bond donors (Lipinski definition) is 1. The lowest BCUT2D eigenvalue weighted by molar-refractivity contribution is 0.570. The Bertz CT molecular complexity index is 1220. The Morgan fingerprint density at radius 3 is 2.78 bits per heavy atom. The summed E-state index contributed by atoms with van der Waals surface area (Å²) in [4.78, 5) is -0.445. The maximum absolute atomic E-state index is 13.9. The molecule has 0 amide bonds. The molecule has 0 radical (unpaired) electrons. The van der Waals surface area contributed by atoms with Crippen molar-refractivity contribution < 1.29 is 12.8 Å². The van der Waals surface area contributed by atoms with Crippen molar-refractivity contribution in [3.63, 3.8) is 0 Å². The Kier molecular flexibility index (Phi) is 4.11. The van der Waals surface area contributed by atoms with Gasteiger partial charge in [-0.15, -0.1) is 5.10 Å². The van der Waals surface area contributed by atoms with Crippen molar-refractivity contribution in [1.82, 2.24) is 24.6 Å². The van der Waals surface area contributed by atoms with Crippen LogP contribution in [0.1, 0.15) is 11.1 Å². The van der Waals surface area contributed by atoms with Crippen molar-refractivity contribution in [1.29, 1.82) is 0 Å². The summed E-state index contributed by atoms with van der Waals surface area (Å²) in [7, 11) is -4.13. The number of aromatic nitrogens is 5. The number of anilines is 1. The molecule has 10 heteroatoms. The summed E-state index contributed by atoms with van der Waals surface area (Å²) < 4.78 is 44.5. The van der Waals surface area contributed by atoms with Gasteiger partial charge in [-0.2, -0.15) is 5.10 Å². The van der Waals surface area contributed by atoms with Crippen LogP contribution < -0.4 is 4.72 Å². The van der Waals surface area contributed by atoms with Gasteiger partial charge in [-0.1, -0.05) is 23.4 Å². The van der Waals surface area contributed by atoms with E-state index in [4.69, 9.17) is 0 Å². The zero-order valence-corrected chi connectivity index (χ0v) is 15.1. The first-order chi connectivity index (χ1) is 12.9. The fourth-order valence-electron chi connectivity index (χ4n) is 2.87. The third-order valence-electron chi connectivity index (χ3n) is 4.02. The van der Waals surface area contributed by atoms with Gasteiger partial charge in [-0.05, 0) is 36.2 Å². The number of sulfonamides is 1. The molecule has 0 aliphatic heterocycles. The fraction of sp³-hybridized carbons (Fsp3) is 0.118. The molecule has 0 spiro atoms. The van der Waals surface area contributed by atoms with Crippen LogP contribution in [-0.2, 0) is 16.6 Å². The van der Waals surface area contributed by atoms with Gasteiger partial charge in [0.25, 0.3) is 10.0 Å². The van der Waals surface area contributed by atoms with Gasteiger partial charge < -0.3 is 0 Å². The quantitative estimate of drug-likeness (QED) is 0.568. The number of fused-ring (bicyclic) bond motifs is 1. The summed E-state index contributed by atoms with van der Waals surface area (Å²) in [5.74, 6) is -0.791. The molecule has 27 heavy (non-hydrogen) atoms. The minimum Gasteiger partial charge on any atom is -0.268 e. The van der Waals surface area contributed by atoms with Gasteiger partial charge in [0.1, 0.15) is 16.2 Å². The highest BCUT2D eigenvalue weighted by Crippen LogP contribution is 2.23. The summed E-state index contributed by atoms with van der Waals surface area (Å²) in [5.41, 5.74) is 2.20. The summed E-state index contributed by atoms with van der Waals surface area (Å²) in [6, 6.07) is 8.89. The van der Waals surface area contributed by atoms with Gasteiger partial charge in [0.15, 0.2) is 5.82 Å². The maximum Gasteiger partial charge on any atom is 0.266 e. The van der Waals surface area contributed by atoms with Crippen molar-refractivity contribution in [2.45, 2.75) is 18.4 Å². The normalized spacial score (nSPS) is 11.8. The first-order valence-corrected chi connectivity index (χ1v) is 9.52. The van der Waals surface area contributed by atoms with Crippen LogP contribution >= 0.6 is 0 Å². The summed E-state index contributed by atoms with van der Waals surface area (Å²) >= 11 is 0. The number of nitrogens with one attached hydrogen (secondary N) is 1. The van der Waals surface area contributed by atoms with Crippen LogP contribution in [0.3, 0.4) is 0 Å². The van der Waals surface area contributed by atoms with E-state index in [9.17, 15) is 12.8 Å². The summed E-state index contributed by atoms with van der Waals surface area (Å²) in [6.45, 7) is 2.37. The summed E-state index contributed by atoms with van der Waals surface area (Å²) in [6.07, 6.45) is 5.28. The van der Waals surface area contributed by atoms with Crippen LogP contribution in [0.15, 0.2) is 59.9 Å². The number of rotatable bonds is 5. The Morgan fingerprint density at radius 2 is 2.04 bits per heavy atom. The number of benzene rings is 1. The van der Waals surface area contributed by atoms with Crippen molar-refractivity contribution in [2.24, 2.45) is 0 Å². The second-order valence-electron chi connectivity index (χ2n) is 6.00. The highest BCUT2D eigenvalue weighted by Gasteiger charge is 2.22. The molecule has 0 fully saturated rings. The lowest BCUT2D eigenvalue weighted by Crippen LogP contribution is -2.15. The molecule has 1 aromatic carbocycles. The van der Waals surface area contributed by atoms with Crippen LogP contribution in [0.5, 0.6) is 0 Å². The average Bonchev–Trinajstić information content (AvgIpc) is 3.25. The third-order valence-corrected chi connectivity index (χ3v) is 5.39. The Labute approximate surface area is 154 Å². The molecular formula is C17H15FN6O2S. The molecular weight excluding hydrogens is 371 g/mol. The molecule has 3 aromatic heterocycles. The topological polar surface area (TPSA) is 94.2 Å². The van der Waals surface area contributed by atoms with Crippen molar-refractivity contribution in [2.75, 3.05) is 4.72 Å². The molecule has 8 nitrogen and oxygen atoms in total. The van der Waals surface area contributed by atoms with E-state index in [0.29, 0.717) is 12.1 Å². The van der Waals surface area contributed by atoms with E-state index in [1.807, 2.05) is 25.3 Å². The molecule has 4 rings (SSSR count). The van der Waals surface area contributed by atoms with Gasteiger partial charge >= 0.3 is 0 Å². The number of aryl methyl sites for hydroxylation is 1. The van der Waals surface area contributed by atoms with E-state index in [2.05, 4.69) is 20.1 Å². The molecule has 138 valence electrons. The monoisotopic (exact) mass is 386 g/mol. The molecule has 0 saturated carbocycles. The Balaban J connectivity index is 1.70. The maximum atomic E-state index is 13.9. The average molecular weight is 386 g/mol. The van der Waals surface area contributed by atoms with E-state index < -0.39 is 20.7 Å². The molecule has 0 atom stereocenters. The number of pyridine rings is 1. The second kappa shape index (κ2) is 6.47. The molecule has 0 saturated heterocycles. The molecule has 1 N–H and O–H groups in total. The van der Waals surface area contributed by atoms with Crippen LogP contribution in [0.4, 0.5) is 10.2 Å². The molecule has 0 aliphatic carbocycles. The number of nitrogens with zero attached hydrogens (tertiary/aromatic N) is 5. The third kappa shape index (κ3) is 3.26. The lowest BCUT2D eigenvalue weighted by atomic mass is 10.2. The number of hydrogen-bond acceptors (Lipinski definition) is 5. The Morgan fingerprint density at radius 1 is 1.22 bits per heavy atom. The van der Waals surface area contributed by atoms with Gasteiger partial charge in [0.05, 0.1) is 6.54 Å². The minimum absolute atomic E-state index is 0.0430. The minimum atomic E-state index is -4.13. The highest BCUT2D eigenvalue weighted by atomic mass is 32.2. The highest BCUT2D eigenvalue weighted by molar-refractivity contribution is 7.92. The van der Waals surface area contributed by atoms with Gasteiger partial charge in [0.2, 0.25) is 0 Å². The smallest absolute Gasteiger partial charge is 0.266 e. The van der Waals surface area contributed by atoms with E-state index in [1.165, 1.54) is 22.7 Å². The van der Waals surface area contributed by atoms with Crippen LogP contribution in [0.25, 0.3) is 5.52 Å². The van der Waals surface area contributed by atoms with Gasteiger partial charge in [-0.3, -0.25) is 9.40 Å². The van der Waals surface area contributed by atoms with Crippen molar-refractivity contribution in [3.05, 3.63) is 71.9 Å². The Hall–Kier alpha value is -3.27. The second-order valence-corrected chi connectivity index (χ2v) is 7.65. The fourth-order valence-corrected chi connectivity index (χ4v) is 3.96. The molecule has 0 bridgehead atoms. The van der Waals surface area contributed by atoms with E-state index in [-0.39, 0.29) is 5.82 Å². The lowest BCUT2D eigenvalue weighted by Gasteiger charge is -2.08. The first kappa shape index (κ1) is 17.2. The van der Waals surface area contributed by atoms with Crippen molar-refractivity contribution >= 4 is 21.4 Å². The molecule has 0 aliphatic rings. The SMILES string of the molecule is Cc1cc(Cn2cccn2)cn2nnc(NS(=O)(=O)c3ccccc3F)c12. The van der Waals surface area contributed by atoms with Crippen molar-refractivity contribution in [3.8, 4) is 0 Å². The number of halogens is 1. The van der Waals surface area contributed by atoms with Crippen LogP contribution in [0.2, 0.25) is 0 Å². The van der Waals surface area contributed by atoms with E-state index >= 15 is 0 Å². The first-order valence-electron chi connectivity index (χ1n) is 8.03. The largest absolute Gasteiger partial charge is 0.268 e. The zero-order valence-electron chi connectivity index (χ0n) is 14.2. The predicted octanol–water partition coefficient (Wildman–Crippen LogP) is 2.22. The van der Waals surface area contributed by atoms with E-state index in [1.54, 1.807) is 17.1 Å². The molecule has 4 aromatic rings. The predicted molar refractivity (Wildman–Crippen MR) is 96.3 cm³/mol. The van der Waals surface area contributed by atoms with Crippen LogP contribution in [-0.4, -0.2) is 33.0 Å². The standard InChI is InChI=1S/C17H15FN6O2S/c1-12-9-13(10-23-8-4-7-19-23)11-24-16(12)17(20-22-24)21-27(25,26)15-6-3-2-5-14(15)18/h2-9,11,21H,10H2,1H3. The molecule has 0 unspecified atom stereocenters. The van der Waals surface area contributed by atoms with E-state index in [0.717, 1.165) is 17.2 Å². The summed E-state index contributed by atoms with van der Waals surface area (Å²) in [5, 5.41) is 12.1. The molecule has 3 heterocycles. The van der Waals surface area contributed by atoms with Gasteiger partial charge in [0, 0.05) is 18.6 Å². The zero-order chi connectivity index (χ0) is 19.0. The van der Waals surface area contributed by atoms with Crippen LogP contribution in [0, 0.1) is 12.7 Å².